The Hall–Kier alpha value is -1.30. The lowest BCUT2D eigenvalue weighted by Gasteiger charge is -2.42. The van der Waals surface area contributed by atoms with Crippen molar-refractivity contribution in [2.45, 2.75) is 76.4 Å². The van der Waals surface area contributed by atoms with Crippen molar-refractivity contribution in [1.29, 1.82) is 0 Å². The zero-order chi connectivity index (χ0) is 18.1. The fourth-order valence-electron chi connectivity index (χ4n) is 5.52. The van der Waals surface area contributed by atoms with Gasteiger partial charge < -0.3 is 19.8 Å². The first kappa shape index (κ1) is 18.1. The summed E-state index contributed by atoms with van der Waals surface area (Å²) in [7, 11) is 0. The van der Waals surface area contributed by atoms with Crippen LogP contribution in [0.1, 0.15) is 64.2 Å². The van der Waals surface area contributed by atoms with Gasteiger partial charge in [0.05, 0.1) is 11.5 Å². The Balaban J connectivity index is 1.41. The van der Waals surface area contributed by atoms with Crippen LogP contribution >= 0.6 is 0 Å². The zero-order valence-corrected chi connectivity index (χ0v) is 15.9. The Bertz CT molecular complexity index is 540. The number of rotatable bonds is 1. The fraction of sp³-hybridized carbons (Fsp3) is 0.900. The standard InChI is InChI=1S/C20H33N3O3/c24-17-7-5-16(6-8-17)23-14-10-20(18(23)25)9-4-13-22(15-20)19(26)21-11-2-1-3-12-21/h16-17,24H,1-15H2/t16-,17-,20?. The van der Waals surface area contributed by atoms with E-state index in [2.05, 4.69) is 4.90 Å². The van der Waals surface area contributed by atoms with E-state index in [0.717, 1.165) is 84.0 Å². The van der Waals surface area contributed by atoms with Gasteiger partial charge in [0.25, 0.3) is 0 Å². The Morgan fingerprint density at radius 2 is 1.58 bits per heavy atom. The molecule has 1 unspecified atom stereocenters. The number of amides is 3. The molecule has 1 N–H and O–H groups in total. The summed E-state index contributed by atoms with van der Waals surface area (Å²) in [4.78, 5) is 32.3. The topological polar surface area (TPSA) is 64.1 Å². The number of likely N-dealkylation sites (tertiary alicyclic amines) is 3. The first-order valence-corrected chi connectivity index (χ1v) is 10.6. The average molecular weight is 364 g/mol. The lowest BCUT2D eigenvalue weighted by molar-refractivity contribution is -0.141. The van der Waals surface area contributed by atoms with Crippen LogP contribution in [0.2, 0.25) is 0 Å². The largest absolute Gasteiger partial charge is 0.393 e. The van der Waals surface area contributed by atoms with E-state index in [1.807, 2.05) is 9.80 Å². The normalized spacial score (nSPS) is 36.0. The minimum absolute atomic E-state index is 0.149. The molecule has 0 aromatic rings. The highest BCUT2D eigenvalue weighted by Gasteiger charge is 2.51. The molecule has 3 aliphatic heterocycles. The number of urea groups is 1. The van der Waals surface area contributed by atoms with Gasteiger partial charge in [0.1, 0.15) is 0 Å². The highest BCUT2D eigenvalue weighted by atomic mass is 16.3. The van der Waals surface area contributed by atoms with Crippen LogP contribution in [0.3, 0.4) is 0 Å². The van der Waals surface area contributed by atoms with Crippen molar-refractivity contribution in [2.75, 3.05) is 32.7 Å². The van der Waals surface area contributed by atoms with Gasteiger partial charge in [-0.2, -0.15) is 0 Å². The number of nitrogens with zero attached hydrogens (tertiary/aromatic N) is 3. The van der Waals surface area contributed by atoms with Crippen LogP contribution in [0.4, 0.5) is 4.79 Å². The second kappa shape index (κ2) is 7.37. The molecule has 146 valence electrons. The maximum Gasteiger partial charge on any atom is 0.320 e. The third-order valence-electron chi connectivity index (χ3n) is 7.13. The molecule has 0 aromatic heterocycles. The number of aliphatic hydroxyl groups excluding tert-OH is 1. The number of hydrogen-bond donors (Lipinski definition) is 1. The maximum atomic E-state index is 13.3. The SMILES string of the molecule is O=C(N1CCCCC1)N1CCCC2(CCN([C@H]3CC[C@H](O)CC3)C2=O)C1. The molecule has 4 rings (SSSR count). The lowest BCUT2D eigenvalue weighted by Crippen LogP contribution is -2.54. The van der Waals surface area contributed by atoms with Crippen molar-refractivity contribution in [3.05, 3.63) is 0 Å². The molecular weight excluding hydrogens is 330 g/mol. The molecule has 0 bridgehead atoms. The van der Waals surface area contributed by atoms with Crippen LogP contribution in [0.15, 0.2) is 0 Å². The molecule has 1 spiro atoms. The third kappa shape index (κ3) is 3.32. The monoisotopic (exact) mass is 363 g/mol. The van der Waals surface area contributed by atoms with Crippen LogP contribution in [0.25, 0.3) is 0 Å². The summed E-state index contributed by atoms with van der Waals surface area (Å²) < 4.78 is 0. The average Bonchev–Trinajstić information content (AvgIpc) is 2.98. The van der Waals surface area contributed by atoms with E-state index in [1.165, 1.54) is 6.42 Å². The van der Waals surface area contributed by atoms with Crippen molar-refractivity contribution in [3.63, 3.8) is 0 Å². The smallest absolute Gasteiger partial charge is 0.320 e. The van der Waals surface area contributed by atoms with Gasteiger partial charge in [0, 0.05) is 38.8 Å². The van der Waals surface area contributed by atoms with E-state index < -0.39 is 0 Å². The molecule has 0 aromatic carbocycles. The van der Waals surface area contributed by atoms with Crippen LogP contribution in [-0.2, 0) is 4.79 Å². The zero-order valence-electron chi connectivity index (χ0n) is 15.9. The van der Waals surface area contributed by atoms with Gasteiger partial charge >= 0.3 is 6.03 Å². The van der Waals surface area contributed by atoms with Gasteiger partial charge in [0.15, 0.2) is 0 Å². The summed E-state index contributed by atoms with van der Waals surface area (Å²) in [6.07, 6.45) is 9.41. The molecule has 26 heavy (non-hydrogen) atoms. The van der Waals surface area contributed by atoms with Crippen molar-refractivity contribution >= 4 is 11.9 Å². The Morgan fingerprint density at radius 1 is 0.885 bits per heavy atom. The molecule has 6 heteroatoms. The van der Waals surface area contributed by atoms with E-state index in [0.29, 0.717) is 12.6 Å². The molecule has 0 radical (unpaired) electrons. The summed E-state index contributed by atoms with van der Waals surface area (Å²) >= 11 is 0. The molecule has 3 heterocycles. The quantitative estimate of drug-likeness (QED) is 0.777. The number of aliphatic hydroxyl groups is 1. The highest BCUT2D eigenvalue weighted by molar-refractivity contribution is 5.86. The van der Waals surface area contributed by atoms with Crippen molar-refractivity contribution in [3.8, 4) is 0 Å². The van der Waals surface area contributed by atoms with Gasteiger partial charge in [-0.1, -0.05) is 0 Å². The summed E-state index contributed by atoms with van der Waals surface area (Å²) in [6.45, 7) is 3.96. The molecule has 4 fully saturated rings. The van der Waals surface area contributed by atoms with Crippen molar-refractivity contribution < 1.29 is 14.7 Å². The second-order valence-electron chi connectivity index (χ2n) is 8.85. The molecule has 3 amide bonds. The molecule has 1 saturated carbocycles. The summed E-state index contributed by atoms with van der Waals surface area (Å²) in [6, 6.07) is 0.439. The van der Waals surface area contributed by atoms with Crippen LogP contribution in [0.5, 0.6) is 0 Å². The van der Waals surface area contributed by atoms with Crippen LogP contribution in [-0.4, -0.2) is 76.6 Å². The predicted molar refractivity (Wildman–Crippen MR) is 98.7 cm³/mol. The van der Waals surface area contributed by atoms with Gasteiger partial charge in [-0.3, -0.25) is 4.79 Å². The van der Waals surface area contributed by atoms with Crippen LogP contribution in [0, 0.1) is 5.41 Å². The first-order chi connectivity index (χ1) is 12.6. The molecule has 4 aliphatic rings. The minimum atomic E-state index is -0.347. The summed E-state index contributed by atoms with van der Waals surface area (Å²) in [5.74, 6) is 0.273. The Morgan fingerprint density at radius 3 is 2.31 bits per heavy atom. The van der Waals surface area contributed by atoms with E-state index in [4.69, 9.17) is 0 Å². The van der Waals surface area contributed by atoms with Gasteiger partial charge in [-0.25, -0.2) is 4.79 Å². The van der Waals surface area contributed by atoms with Crippen molar-refractivity contribution in [1.82, 2.24) is 14.7 Å². The van der Waals surface area contributed by atoms with E-state index in [1.54, 1.807) is 0 Å². The number of carbonyl (C=O) groups excluding carboxylic acids is 2. The van der Waals surface area contributed by atoms with Gasteiger partial charge in [-0.15, -0.1) is 0 Å². The first-order valence-electron chi connectivity index (χ1n) is 10.6. The summed E-state index contributed by atoms with van der Waals surface area (Å²) in [5, 5.41) is 9.75. The van der Waals surface area contributed by atoms with Crippen molar-refractivity contribution in [2.24, 2.45) is 5.41 Å². The van der Waals surface area contributed by atoms with Crippen LogP contribution < -0.4 is 0 Å². The number of hydrogen-bond acceptors (Lipinski definition) is 3. The molecule has 3 saturated heterocycles. The van der Waals surface area contributed by atoms with Gasteiger partial charge in [-0.05, 0) is 64.2 Å². The Kier molecular flexibility index (Phi) is 5.13. The second-order valence-corrected chi connectivity index (χ2v) is 8.85. The maximum absolute atomic E-state index is 13.3. The number of carbonyl (C=O) groups is 2. The third-order valence-corrected chi connectivity index (χ3v) is 7.13. The lowest BCUT2D eigenvalue weighted by atomic mass is 9.78. The molecular formula is C20H33N3O3. The highest BCUT2D eigenvalue weighted by Crippen LogP contribution is 2.42. The molecule has 1 aliphatic carbocycles. The minimum Gasteiger partial charge on any atom is -0.393 e. The van der Waals surface area contributed by atoms with E-state index in [-0.39, 0.29) is 23.5 Å². The predicted octanol–water partition coefficient (Wildman–Crippen LogP) is 2.21. The molecule has 6 nitrogen and oxygen atoms in total. The van der Waals surface area contributed by atoms with E-state index in [9.17, 15) is 14.7 Å². The van der Waals surface area contributed by atoms with Gasteiger partial charge in [0.2, 0.25) is 5.91 Å². The number of piperidine rings is 2. The Labute approximate surface area is 156 Å². The molecule has 1 atom stereocenters. The summed E-state index contributed by atoms with van der Waals surface area (Å²) in [5.41, 5.74) is -0.347. The fourth-order valence-corrected chi connectivity index (χ4v) is 5.52. The van der Waals surface area contributed by atoms with E-state index >= 15 is 0 Å².